The van der Waals surface area contributed by atoms with Gasteiger partial charge in [0.2, 0.25) is 0 Å². The molecule has 1 heterocycles. The van der Waals surface area contributed by atoms with Crippen molar-refractivity contribution in [1.82, 2.24) is 14.9 Å². The maximum Gasteiger partial charge on any atom is 0.272 e. The topological polar surface area (TPSA) is 104 Å². The zero-order valence-electron chi connectivity index (χ0n) is 15.9. The summed E-state index contributed by atoms with van der Waals surface area (Å²) in [5.41, 5.74) is -0.495. The van der Waals surface area contributed by atoms with E-state index in [0.29, 0.717) is 29.1 Å². The van der Waals surface area contributed by atoms with Gasteiger partial charge in [-0.15, -0.1) is 0 Å². The molecule has 1 aromatic heterocycles. The van der Waals surface area contributed by atoms with Crippen LogP contribution in [0.5, 0.6) is 5.75 Å². The molecule has 28 heavy (non-hydrogen) atoms. The Kier molecular flexibility index (Phi) is 8.17. The fourth-order valence-corrected chi connectivity index (χ4v) is 3.95. The number of nitrogens with zero attached hydrogens (tertiary/aromatic N) is 2. The van der Waals surface area contributed by atoms with Gasteiger partial charge >= 0.3 is 0 Å². The second-order valence-corrected chi connectivity index (χ2v) is 9.27. The number of anilines is 1. The van der Waals surface area contributed by atoms with Gasteiger partial charge < -0.3 is 14.6 Å². The van der Waals surface area contributed by atoms with Crippen LogP contribution in [0.25, 0.3) is 0 Å². The molecule has 11 heteroatoms. The van der Waals surface area contributed by atoms with Crippen LogP contribution in [0.15, 0.2) is 39.2 Å². The van der Waals surface area contributed by atoms with E-state index in [4.69, 9.17) is 16.3 Å². The Morgan fingerprint density at radius 2 is 2.11 bits per heavy atom. The molecule has 0 saturated heterocycles. The number of rotatable bonds is 10. The van der Waals surface area contributed by atoms with E-state index in [1.54, 1.807) is 0 Å². The second-order valence-electron chi connectivity index (χ2n) is 6.13. The monoisotopic (exact) mass is 446 g/mol. The summed E-state index contributed by atoms with van der Waals surface area (Å²) in [6.45, 7) is 3.07. The Balaban J connectivity index is 2.18. The fraction of sp³-hybridized carbons (Fsp3) is 0.412. The third-order valence-corrected chi connectivity index (χ3v) is 6.24. The Labute approximate surface area is 173 Å². The van der Waals surface area contributed by atoms with Crippen LogP contribution in [0.4, 0.5) is 5.69 Å². The van der Waals surface area contributed by atoms with Crippen LogP contribution in [0, 0.1) is 0 Å². The van der Waals surface area contributed by atoms with Gasteiger partial charge in [-0.25, -0.2) is 13.4 Å². The summed E-state index contributed by atoms with van der Waals surface area (Å²) >= 11 is 7.46. The molecule has 0 aliphatic carbocycles. The predicted octanol–water partition coefficient (Wildman–Crippen LogP) is 2.67. The van der Waals surface area contributed by atoms with Gasteiger partial charge in [0.15, 0.2) is 10.1 Å². The lowest BCUT2D eigenvalue weighted by Gasteiger charge is -2.14. The van der Waals surface area contributed by atoms with Crippen molar-refractivity contribution >= 4 is 39.1 Å². The van der Waals surface area contributed by atoms with E-state index in [-0.39, 0.29) is 5.69 Å². The number of hydrogen-bond donors (Lipinski definition) is 2. The number of aromatic amines is 1. The van der Waals surface area contributed by atoms with Crippen molar-refractivity contribution in [2.24, 2.45) is 0 Å². The van der Waals surface area contributed by atoms with E-state index >= 15 is 0 Å². The molecular weight excluding hydrogens is 424 g/mol. The second kappa shape index (κ2) is 10.1. The molecule has 0 aliphatic rings. The van der Waals surface area contributed by atoms with Crippen LogP contribution in [-0.2, 0) is 10.0 Å². The van der Waals surface area contributed by atoms with E-state index in [1.807, 2.05) is 25.9 Å². The highest BCUT2D eigenvalue weighted by Crippen LogP contribution is 2.28. The number of halogens is 1. The maximum atomic E-state index is 12.6. The molecule has 0 saturated carbocycles. The van der Waals surface area contributed by atoms with Gasteiger partial charge in [0, 0.05) is 18.4 Å². The normalized spacial score (nSPS) is 11.6. The lowest BCUT2D eigenvalue weighted by atomic mass is 10.3. The summed E-state index contributed by atoms with van der Waals surface area (Å²) in [6.07, 6.45) is 1.97. The highest BCUT2D eigenvalue weighted by molar-refractivity contribution is 7.99. The van der Waals surface area contributed by atoms with Crippen LogP contribution in [0.2, 0.25) is 5.02 Å². The smallest absolute Gasteiger partial charge is 0.272 e. The Bertz CT molecular complexity index is 964. The van der Waals surface area contributed by atoms with Crippen LogP contribution >= 0.6 is 23.4 Å². The quantitative estimate of drug-likeness (QED) is 0.427. The first-order chi connectivity index (χ1) is 13.2. The summed E-state index contributed by atoms with van der Waals surface area (Å²) in [7, 11) is -0.298. The number of sulfonamides is 1. The van der Waals surface area contributed by atoms with Gasteiger partial charge in [0.25, 0.3) is 15.6 Å². The van der Waals surface area contributed by atoms with Crippen LogP contribution in [-0.4, -0.2) is 56.3 Å². The molecule has 0 fully saturated rings. The molecule has 1 aromatic carbocycles. The fourth-order valence-electron chi connectivity index (χ4n) is 2.06. The lowest BCUT2D eigenvalue weighted by Crippen LogP contribution is -2.24. The molecule has 0 radical (unpaired) electrons. The third kappa shape index (κ3) is 6.40. The van der Waals surface area contributed by atoms with Gasteiger partial charge in [-0.2, -0.15) is 0 Å². The van der Waals surface area contributed by atoms with Crippen molar-refractivity contribution in [3.05, 3.63) is 39.8 Å². The lowest BCUT2D eigenvalue weighted by molar-refractivity contribution is 0.261. The molecular formula is C17H23ClN4O4S2. The minimum atomic E-state index is -4.12. The zero-order chi connectivity index (χ0) is 20.7. The Morgan fingerprint density at radius 1 is 1.36 bits per heavy atom. The highest BCUT2D eigenvalue weighted by Gasteiger charge is 2.20. The molecule has 8 nitrogen and oxygen atoms in total. The number of aromatic nitrogens is 2. The van der Waals surface area contributed by atoms with Crippen LogP contribution in [0.1, 0.15) is 13.3 Å². The largest absolute Gasteiger partial charge is 0.491 e. The van der Waals surface area contributed by atoms with E-state index in [0.717, 1.165) is 18.4 Å². The molecule has 2 aromatic rings. The summed E-state index contributed by atoms with van der Waals surface area (Å²) in [4.78, 5) is 20.2. The highest BCUT2D eigenvalue weighted by atomic mass is 35.5. The molecule has 0 atom stereocenters. The van der Waals surface area contributed by atoms with E-state index < -0.39 is 20.5 Å². The van der Waals surface area contributed by atoms with Gasteiger partial charge in [-0.1, -0.05) is 30.3 Å². The Hall–Kier alpha value is -1.75. The third-order valence-electron chi connectivity index (χ3n) is 3.46. The van der Waals surface area contributed by atoms with Gasteiger partial charge in [0.05, 0.1) is 16.9 Å². The van der Waals surface area contributed by atoms with Crippen molar-refractivity contribution in [2.45, 2.75) is 23.4 Å². The summed E-state index contributed by atoms with van der Waals surface area (Å²) in [5, 5.41) is 0.743. The molecule has 2 rings (SSSR count). The number of likely N-dealkylation sites (N-methyl/N-ethyl adjacent to an activating group) is 1. The molecule has 0 amide bonds. The average molecular weight is 447 g/mol. The van der Waals surface area contributed by atoms with Crippen molar-refractivity contribution in [2.75, 3.05) is 37.7 Å². The van der Waals surface area contributed by atoms with Gasteiger partial charge in [-0.3, -0.25) is 9.52 Å². The average Bonchev–Trinajstić information content (AvgIpc) is 2.62. The number of nitrogens with one attached hydrogen (secondary N) is 2. The maximum absolute atomic E-state index is 12.6. The number of benzene rings is 1. The van der Waals surface area contributed by atoms with Crippen LogP contribution < -0.4 is 15.0 Å². The molecule has 0 bridgehead atoms. The molecule has 0 unspecified atom stereocenters. The number of hydrogen-bond acceptors (Lipinski definition) is 7. The van der Waals surface area contributed by atoms with E-state index in [9.17, 15) is 13.2 Å². The minimum absolute atomic E-state index is 0.230. The molecule has 154 valence electrons. The zero-order valence-corrected chi connectivity index (χ0v) is 18.2. The first-order valence-corrected chi connectivity index (χ1v) is 11.4. The first-order valence-electron chi connectivity index (χ1n) is 8.55. The SMILES string of the molecule is CCCSc1ncc(S(=O)(=O)Nc2ccc(Cl)c(OCCN(C)C)c2)c(=O)[nH]1. The summed E-state index contributed by atoms with van der Waals surface area (Å²) in [6, 6.07) is 4.49. The van der Waals surface area contributed by atoms with Crippen molar-refractivity contribution in [3.63, 3.8) is 0 Å². The standard InChI is InChI=1S/C17H23ClN4O4S2/c1-4-9-27-17-19-11-15(16(23)20-17)28(24,25)21-12-5-6-13(18)14(10-12)26-8-7-22(2)3/h5-6,10-11,21H,4,7-9H2,1-3H3,(H,19,20,23). The number of H-pyrrole nitrogens is 1. The van der Waals surface area contributed by atoms with E-state index in [1.165, 1.54) is 30.0 Å². The van der Waals surface area contributed by atoms with Crippen molar-refractivity contribution < 1.29 is 13.2 Å². The number of thioether (sulfide) groups is 1. The summed E-state index contributed by atoms with van der Waals surface area (Å²) in [5.74, 6) is 1.12. The molecule has 2 N–H and O–H groups in total. The van der Waals surface area contributed by atoms with Crippen LogP contribution in [0.3, 0.4) is 0 Å². The van der Waals surface area contributed by atoms with Gasteiger partial charge in [0.1, 0.15) is 12.4 Å². The van der Waals surface area contributed by atoms with Crippen molar-refractivity contribution in [3.8, 4) is 5.75 Å². The van der Waals surface area contributed by atoms with E-state index in [2.05, 4.69) is 14.7 Å². The first kappa shape index (κ1) is 22.5. The molecule has 0 aliphatic heterocycles. The van der Waals surface area contributed by atoms with Gasteiger partial charge in [-0.05, 0) is 32.6 Å². The minimum Gasteiger partial charge on any atom is -0.491 e. The molecule has 0 spiro atoms. The number of ether oxygens (including phenoxy) is 1. The van der Waals surface area contributed by atoms with Crippen molar-refractivity contribution in [1.29, 1.82) is 0 Å². The Morgan fingerprint density at radius 3 is 2.75 bits per heavy atom. The summed E-state index contributed by atoms with van der Waals surface area (Å²) < 4.78 is 33.1. The predicted molar refractivity (Wildman–Crippen MR) is 112 cm³/mol.